The molecular formula is C10H9ClN2O4. The van der Waals surface area contributed by atoms with Crippen LogP contribution < -0.4 is 4.90 Å². The van der Waals surface area contributed by atoms with Gasteiger partial charge in [0.25, 0.3) is 5.69 Å². The Bertz CT molecular complexity index is 491. The van der Waals surface area contributed by atoms with E-state index in [-0.39, 0.29) is 41.4 Å². The number of carbonyl (C=O) groups is 1. The largest absolute Gasteiger partial charge is 0.505 e. The van der Waals surface area contributed by atoms with Crippen LogP contribution in [0.5, 0.6) is 5.75 Å². The zero-order valence-corrected chi connectivity index (χ0v) is 9.42. The van der Waals surface area contributed by atoms with Gasteiger partial charge >= 0.3 is 0 Å². The first-order valence-electron chi connectivity index (χ1n) is 4.91. The Morgan fingerprint density at radius 1 is 1.53 bits per heavy atom. The summed E-state index contributed by atoms with van der Waals surface area (Å²) in [5.41, 5.74) is -0.380. The van der Waals surface area contributed by atoms with Gasteiger partial charge < -0.3 is 10.0 Å². The van der Waals surface area contributed by atoms with Crippen molar-refractivity contribution in [3.8, 4) is 5.75 Å². The fraction of sp³-hybridized carbons (Fsp3) is 0.300. The number of aromatic hydroxyl groups is 1. The zero-order valence-electron chi connectivity index (χ0n) is 8.67. The quantitative estimate of drug-likeness (QED) is 0.495. The maximum Gasteiger partial charge on any atom is 0.296 e. The first-order chi connectivity index (χ1) is 8.00. The summed E-state index contributed by atoms with van der Waals surface area (Å²) in [5, 5.41) is 20.1. The third kappa shape index (κ3) is 2.03. The molecule has 1 aromatic carbocycles. The average molecular weight is 257 g/mol. The number of para-hydroxylation sites is 1. The van der Waals surface area contributed by atoms with Crippen LogP contribution in [0.3, 0.4) is 0 Å². The summed E-state index contributed by atoms with van der Waals surface area (Å²) >= 11 is 5.82. The maximum atomic E-state index is 11.6. The number of anilines is 1. The van der Waals surface area contributed by atoms with Gasteiger partial charge in [0.15, 0.2) is 5.69 Å². The van der Waals surface area contributed by atoms with Crippen molar-refractivity contribution in [1.82, 2.24) is 0 Å². The number of halogens is 1. The second kappa shape index (κ2) is 4.21. The Hall–Kier alpha value is -1.82. The lowest BCUT2D eigenvalue weighted by Gasteiger charge is -2.16. The molecule has 0 aromatic heterocycles. The standard InChI is InChI=1S/C10H9ClN2O4/c11-6-4-9(15)12(5-6)10-7(13(16)17)2-1-3-8(10)14/h1-3,6,14H,4-5H2. The number of amides is 1. The highest BCUT2D eigenvalue weighted by Crippen LogP contribution is 2.39. The van der Waals surface area contributed by atoms with E-state index >= 15 is 0 Å². The van der Waals surface area contributed by atoms with Crippen LogP contribution in [0, 0.1) is 10.1 Å². The van der Waals surface area contributed by atoms with Gasteiger partial charge in [0.05, 0.1) is 10.3 Å². The molecule has 1 aliphatic rings. The van der Waals surface area contributed by atoms with Crippen LogP contribution in [0.4, 0.5) is 11.4 Å². The minimum Gasteiger partial charge on any atom is -0.505 e. The van der Waals surface area contributed by atoms with Gasteiger partial charge in [-0.05, 0) is 6.07 Å². The van der Waals surface area contributed by atoms with Gasteiger partial charge in [0, 0.05) is 19.0 Å². The first kappa shape index (κ1) is 11.7. The van der Waals surface area contributed by atoms with Crippen molar-refractivity contribution in [3.05, 3.63) is 28.3 Å². The summed E-state index contributed by atoms with van der Waals surface area (Å²) in [7, 11) is 0. The lowest BCUT2D eigenvalue weighted by Crippen LogP contribution is -2.25. The van der Waals surface area contributed by atoms with Gasteiger partial charge in [-0.2, -0.15) is 0 Å². The lowest BCUT2D eigenvalue weighted by molar-refractivity contribution is -0.384. The molecule has 6 nitrogen and oxygen atoms in total. The van der Waals surface area contributed by atoms with E-state index in [1.54, 1.807) is 0 Å². The summed E-state index contributed by atoms with van der Waals surface area (Å²) in [5.74, 6) is -0.618. The summed E-state index contributed by atoms with van der Waals surface area (Å²) in [6.07, 6.45) is 0.118. The number of benzene rings is 1. The van der Waals surface area contributed by atoms with E-state index in [0.717, 1.165) is 4.90 Å². The molecule has 1 fully saturated rings. The molecule has 1 N–H and O–H groups in total. The predicted octanol–water partition coefficient (Wildman–Crippen LogP) is 1.64. The van der Waals surface area contributed by atoms with Gasteiger partial charge in [-0.25, -0.2) is 0 Å². The molecule has 1 aliphatic heterocycles. The Kier molecular flexibility index (Phi) is 2.89. The number of carbonyl (C=O) groups excluding carboxylic acids is 1. The van der Waals surface area contributed by atoms with Crippen LogP contribution in [-0.2, 0) is 4.79 Å². The van der Waals surface area contributed by atoms with Gasteiger partial charge in [-0.3, -0.25) is 14.9 Å². The van der Waals surface area contributed by atoms with Crippen molar-refractivity contribution in [3.63, 3.8) is 0 Å². The van der Waals surface area contributed by atoms with E-state index in [2.05, 4.69) is 0 Å². The highest BCUT2D eigenvalue weighted by atomic mass is 35.5. The van der Waals surface area contributed by atoms with Crippen LogP contribution in [0.1, 0.15) is 6.42 Å². The van der Waals surface area contributed by atoms with E-state index in [1.807, 2.05) is 0 Å². The van der Waals surface area contributed by atoms with Crippen LogP contribution in [-0.4, -0.2) is 27.9 Å². The lowest BCUT2D eigenvalue weighted by atomic mass is 10.2. The number of hydrogen-bond donors (Lipinski definition) is 1. The molecule has 90 valence electrons. The van der Waals surface area contributed by atoms with E-state index < -0.39 is 4.92 Å². The summed E-state index contributed by atoms with van der Waals surface area (Å²) < 4.78 is 0. The van der Waals surface area contributed by atoms with E-state index in [1.165, 1.54) is 18.2 Å². The normalized spacial score (nSPS) is 19.7. The Balaban J connectivity index is 2.51. The fourth-order valence-electron chi connectivity index (χ4n) is 1.82. The first-order valence-corrected chi connectivity index (χ1v) is 5.35. The van der Waals surface area contributed by atoms with Gasteiger partial charge in [-0.1, -0.05) is 6.07 Å². The number of phenols is 1. The second-order valence-corrected chi connectivity index (χ2v) is 4.32. The molecule has 0 radical (unpaired) electrons. The van der Waals surface area contributed by atoms with Crippen LogP contribution in [0.2, 0.25) is 0 Å². The monoisotopic (exact) mass is 256 g/mol. The Labute approximate surface area is 102 Å². The molecule has 1 amide bonds. The van der Waals surface area contributed by atoms with Gasteiger partial charge in [-0.15, -0.1) is 11.6 Å². The number of nitro benzene ring substituents is 1. The molecule has 1 atom stereocenters. The second-order valence-electron chi connectivity index (χ2n) is 3.71. The third-order valence-electron chi connectivity index (χ3n) is 2.54. The minimum absolute atomic E-state index is 0.0781. The molecule has 17 heavy (non-hydrogen) atoms. The zero-order chi connectivity index (χ0) is 12.6. The van der Waals surface area contributed by atoms with Crippen LogP contribution in [0.25, 0.3) is 0 Å². The molecule has 1 unspecified atom stereocenters. The van der Waals surface area contributed by atoms with Crippen LogP contribution in [0.15, 0.2) is 18.2 Å². The average Bonchev–Trinajstić information content (AvgIpc) is 2.57. The highest BCUT2D eigenvalue weighted by molar-refractivity contribution is 6.24. The molecule has 0 saturated carbocycles. The topological polar surface area (TPSA) is 83.7 Å². The Morgan fingerprint density at radius 3 is 2.76 bits per heavy atom. The fourth-order valence-corrected chi connectivity index (χ4v) is 2.09. The molecule has 0 aliphatic carbocycles. The van der Waals surface area contributed by atoms with Gasteiger partial charge in [0.2, 0.25) is 5.91 Å². The van der Waals surface area contributed by atoms with E-state index in [9.17, 15) is 20.0 Å². The van der Waals surface area contributed by atoms with Crippen molar-refractivity contribution in [2.75, 3.05) is 11.4 Å². The van der Waals surface area contributed by atoms with Gasteiger partial charge in [0.1, 0.15) is 5.75 Å². The van der Waals surface area contributed by atoms with Crippen molar-refractivity contribution >= 4 is 28.9 Å². The molecule has 0 spiro atoms. The van der Waals surface area contributed by atoms with Crippen LogP contribution >= 0.6 is 11.6 Å². The Morgan fingerprint density at radius 2 is 2.24 bits per heavy atom. The number of phenolic OH excluding ortho intramolecular Hbond substituents is 1. The molecular weight excluding hydrogens is 248 g/mol. The molecule has 1 heterocycles. The van der Waals surface area contributed by atoms with E-state index in [0.29, 0.717) is 0 Å². The number of hydrogen-bond acceptors (Lipinski definition) is 4. The highest BCUT2D eigenvalue weighted by Gasteiger charge is 2.35. The third-order valence-corrected chi connectivity index (χ3v) is 2.83. The summed E-state index contributed by atoms with van der Waals surface area (Å²) in [6, 6.07) is 3.90. The smallest absolute Gasteiger partial charge is 0.296 e. The molecule has 1 saturated heterocycles. The molecule has 7 heteroatoms. The number of rotatable bonds is 2. The maximum absolute atomic E-state index is 11.6. The number of nitrogens with zero attached hydrogens (tertiary/aromatic N) is 2. The van der Waals surface area contributed by atoms with Crippen molar-refractivity contribution in [2.45, 2.75) is 11.8 Å². The minimum atomic E-state index is -0.635. The predicted molar refractivity (Wildman–Crippen MR) is 61.4 cm³/mol. The molecule has 0 bridgehead atoms. The SMILES string of the molecule is O=C1CC(Cl)CN1c1c(O)cccc1[N+](=O)[O-]. The van der Waals surface area contributed by atoms with E-state index in [4.69, 9.17) is 11.6 Å². The van der Waals surface area contributed by atoms with Crippen molar-refractivity contribution in [2.24, 2.45) is 0 Å². The number of alkyl halides is 1. The number of nitro groups is 1. The summed E-state index contributed by atoms with van der Waals surface area (Å²) in [4.78, 5) is 23.0. The molecule has 1 aromatic rings. The van der Waals surface area contributed by atoms with Crippen molar-refractivity contribution < 1.29 is 14.8 Å². The summed E-state index contributed by atoms with van der Waals surface area (Å²) in [6.45, 7) is 0.165. The van der Waals surface area contributed by atoms with Crippen molar-refractivity contribution in [1.29, 1.82) is 0 Å². The molecule has 2 rings (SSSR count).